The molecule has 2 aromatic carbocycles. The number of benzene rings is 2. The van der Waals surface area contributed by atoms with Crippen molar-refractivity contribution >= 4 is 80.7 Å². The molecule has 2 aliphatic rings. The number of hydrogen-bond acceptors (Lipinski definition) is 10. The molecule has 356 valence electrons. The monoisotopic (exact) mass is 943 g/mol. The topological polar surface area (TPSA) is 163 Å². The van der Waals surface area contributed by atoms with Crippen LogP contribution in [0.5, 0.6) is 0 Å². The van der Waals surface area contributed by atoms with E-state index in [0.29, 0.717) is 22.7 Å². The van der Waals surface area contributed by atoms with E-state index in [9.17, 15) is 25.9 Å². The van der Waals surface area contributed by atoms with Crippen LogP contribution in [0.3, 0.4) is 0 Å². The van der Waals surface area contributed by atoms with Gasteiger partial charge in [0.1, 0.15) is 20.2 Å². The van der Waals surface area contributed by atoms with Gasteiger partial charge in [-0.2, -0.15) is 0 Å². The van der Waals surface area contributed by atoms with Gasteiger partial charge in [-0.05, 0) is 49.9 Å². The van der Waals surface area contributed by atoms with Gasteiger partial charge in [-0.3, -0.25) is 0 Å². The largest absolute Gasteiger partial charge is 2.00 e. The van der Waals surface area contributed by atoms with Crippen molar-refractivity contribution in [3.05, 3.63) is 36.4 Å². The summed E-state index contributed by atoms with van der Waals surface area (Å²) in [5.74, 6) is 0. The zero-order valence-electron chi connectivity index (χ0n) is 39.6. The molecule has 0 radical (unpaired) electrons. The predicted octanol–water partition coefficient (Wildman–Crippen LogP) is 14.4. The van der Waals surface area contributed by atoms with Crippen LogP contribution in [0.1, 0.15) is 232 Å². The van der Waals surface area contributed by atoms with Crippen LogP contribution in [0.4, 0.5) is 22.7 Å². The first kappa shape index (κ1) is 57.8. The summed E-state index contributed by atoms with van der Waals surface area (Å²) < 4.78 is 68.4. The Labute approximate surface area is 415 Å². The Kier molecular flexibility index (Phi) is 32.1. The molecule has 0 saturated heterocycles. The summed E-state index contributed by atoms with van der Waals surface area (Å²) in [6, 6.07) is 9.57. The van der Waals surface area contributed by atoms with Gasteiger partial charge in [0.05, 0.1) is 44.9 Å². The van der Waals surface area contributed by atoms with Crippen molar-refractivity contribution < 1.29 is 25.9 Å². The third-order valence-electron chi connectivity index (χ3n) is 12.6. The fraction of sp³-hybridized carbons (Fsp3) is 0.760. The number of fused-ring (bicyclic) bond motifs is 2. The molecule has 63 heavy (non-hydrogen) atoms. The summed E-state index contributed by atoms with van der Waals surface area (Å²) in [5.41, 5.74) is 2.27. The summed E-state index contributed by atoms with van der Waals surface area (Å²) in [5, 5.41) is 12.9. The molecule has 0 saturated carbocycles. The van der Waals surface area contributed by atoms with Gasteiger partial charge in [-0.1, -0.05) is 219 Å². The third kappa shape index (κ3) is 25.4. The molecule has 2 unspecified atom stereocenters. The summed E-state index contributed by atoms with van der Waals surface area (Å²) in [6.45, 7) is 4.55. The zero-order chi connectivity index (χ0) is 44.7. The van der Waals surface area contributed by atoms with Crippen molar-refractivity contribution in [1.29, 1.82) is 0 Å². The number of anilines is 4. The zero-order valence-corrected chi connectivity index (χ0v) is 43.5. The molecule has 0 bridgehead atoms. The Morgan fingerprint density at radius 2 is 0.619 bits per heavy atom. The van der Waals surface area contributed by atoms with Crippen LogP contribution in [0.25, 0.3) is 0 Å². The molecule has 0 amide bonds. The van der Waals surface area contributed by atoms with E-state index in [1.165, 1.54) is 205 Å². The number of nitrogens with one attached hydrogen (secondary N) is 4. The molecule has 0 spiro atoms. The Morgan fingerprint density at radius 1 is 0.381 bits per heavy atom. The van der Waals surface area contributed by atoms with E-state index in [4.69, 9.17) is 0 Å². The SMILES string of the molecule is CCCCCCCCCCCCCCCCCCC1Nc2cccc(S(=O)(=O)[O-])c2N1.CCCCCCCCCCCCCCCCCCC1Nc2cccc(S(=O)(=O)[O-])c2N1.[Ca+2]. The summed E-state index contributed by atoms with van der Waals surface area (Å²) >= 11 is 0. The van der Waals surface area contributed by atoms with Crippen molar-refractivity contribution in [3.8, 4) is 0 Å². The Hall–Kier alpha value is -1.28. The molecule has 0 aliphatic carbocycles. The van der Waals surface area contributed by atoms with E-state index < -0.39 is 20.2 Å². The average molecular weight is 943 g/mol. The molecule has 2 aliphatic heterocycles. The molecule has 4 N–H and O–H groups in total. The molecule has 2 aromatic rings. The Bertz CT molecular complexity index is 1570. The minimum Gasteiger partial charge on any atom is -0.744 e. The molecule has 4 rings (SSSR count). The minimum absolute atomic E-state index is 0. The van der Waals surface area contributed by atoms with Crippen LogP contribution in [0, 0.1) is 0 Å². The second kappa shape index (κ2) is 34.9. The number of hydrogen-bond donors (Lipinski definition) is 4. The van der Waals surface area contributed by atoms with Crippen molar-refractivity contribution in [2.24, 2.45) is 0 Å². The Morgan fingerprint density at radius 3 is 0.857 bits per heavy atom. The van der Waals surface area contributed by atoms with Gasteiger partial charge in [-0.25, -0.2) is 16.8 Å². The number of unbranched alkanes of at least 4 members (excludes halogenated alkanes) is 30. The van der Waals surface area contributed by atoms with Gasteiger partial charge >= 0.3 is 37.7 Å². The molecular weight excluding hydrogens is 857 g/mol. The smallest absolute Gasteiger partial charge is 0.744 e. The predicted molar refractivity (Wildman–Crippen MR) is 265 cm³/mol. The maximum atomic E-state index is 11.4. The third-order valence-corrected chi connectivity index (χ3v) is 14.3. The molecule has 13 heteroatoms. The fourth-order valence-electron chi connectivity index (χ4n) is 8.90. The number of rotatable bonds is 36. The quantitative estimate of drug-likeness (QED) is 0.0294. The first-order chi connectivity index (χ1) is 30.0. The van der Waals surface area contributed by atoms with Gasteiger partial charge in [0.15, 0.2) is 0 Å². The molecule has 0 fully saturated rings. The van der Waals surface area contributed by atoms with Gasteiger partial charge in [0.25, 0.3) is 0 Å². The number of para-hydroxylation sites is 2. The maximum absolute atomic E-state index is 11.4. The molecule has 2 heterocycles. The summed E-state index contributed by atoms with van der Waals surface area (Å²) in [7, 11) is -8.91. The van der Waals surface area contributed by atoms with E-state index in [-0.39, 0.29) is 59.9 Å². The molecular formula is C50H86CaN4O6S2. The van der Waals surface area contributed by atoms with E-state index in [2.05, 4.69) is 35.1 Å². The van der Waals surface area contributed by atoms with Crippen molar-refractivity contribution in [2.45, 2.75) is 254 Å². The van der Waals surface area contributed by atoms with Gasteiger partial charge in [-0.15, -0.1) is 0 Å². The van der Waals surface area contributed by atoms with Gasteiger partial charge < -0.3 is 30.4 Å². The van der Waals surface area contributed by atoms with Crippen molar-refractivity contribution in [2.75, 3.05) is 21.3 Å². The van der Waals surface area contributed by atoms with E-state index >= 15 is 0 Å². The van der Waals surface area contributed by atoms with Gasteiger partial charge in [0.2, 0.25) is 0 Å². The molecule has 10 nitrogen and oxygen atoms in total. The maximum Gasteiger partial charge on any atom is 2.00 e. The van der Waals surface area contributed by atoms with Crippen molar-refractivity contribution in [3.63, 3.8) is 0 Å². The van der Waals surface area contributed by atoms with Crippen LogP contribution < -0.4 is 21.3 Å². The molecule has 2 atom stereocenters. The van der Waals surface area contributed by atoms with Crippen LogP contribution in [0.2, 0.25) is 0 Å². The second-order valence-corrected chi connectivity index (χ2v) is 20.8. The summed E-state index contributed by atoms with van der Waals surface area (Å²) in [6.07, 6.45) is 45.1. The van der Waals surface area contributed by atoms with Crippen LogP contribution in [-0.4, -0.2) is 76.0 Å². The first-order valence-corrected chi connectivity index (χ1v) is 28.1. The van der Waals surface area contributed by atoms with Gasteiger partial charge in [0, 0.05) is 0 Å². The second-order valence-electron chi connectivity index (χ2n) is 18.1. The Balaban J connectivity index is 0.000000427. The van der Waals surface area contributed by atoms with E-state index in [1.54, 1.807) is 12.1 Å². The van der Waals surface area contributed by atoms with Crippen LogP contribution >= 0.6 is 0 Å². The van der Waals surface area contributed by atoms with E-state index in [0.717, 1.165) is 25.7 Å². The van der Waals surface area contributed by atoms with E-state index in [1.807, 2.05) is 12.1 Å². The standard InChI is InChI=1S/2C25H44N2O3S.Ca/c2*1-2-3-4-5-6-7-8-9-10-11-12-13-14-15-16-17-21-24-26-22-19-18-20-23(25(22)27-24)31(28,29)30;/h2*18-20,24,26-27H,2-17,21H2,1H3,(H,28,29,30);/q;;+2/p-2. The fourth-order valence-corrected chi connectivity index (χ4v) is 10.2. The van der Waals surface area contributed by atoms with Crippen molar-refractivity contribution in [1.82, 2.24) is 0 Å². The molecule has 0 aromatic heterocycles. The minimum atomic E-state index is -4.46. The van der Waals surface area contributed by atoms with Crippen LogP contribution in [-0.2, 0) is 20.2 Å². The summed E-state index contributed by atoms with van der Waals surface area (Å²) in [4.78, 5) is -0.320. The average Bonchev–Trinajstić information content (AvgIpc) is 3.86. The first-order valence-electron chi connectivity index (χ1n) is 25.3. The normalized spacial score (nSPS) is 15.2. The van der Waals surface area contributed by atoms with Crippen LogP contribution in [0.15, 0.2) is 46.2 Å².